The van der Waals surface area contributed by atoms with Crippen LogP contribution in [0.3, 0.4) is 0 Å². The number of hydrogen-bond acceptors (Lipinski definition) is 3. The summed E-state index contributed by atoms with van der Waals surface area (Å²) in [7, 11) is 0. The zero-order valence-electron chi connectivity index (χ0n) is 5.22. The molecule has 0 aliphatic rings. The first kappa shape index (κ1) is 6.25. The van der Waals surface area contributed by atoms with E-state index in [4.69, 9.17) is 5.90 Å². The molecule has 0 atom stereocenters. The molecule has 1 aromatic heterocycles. The van der Waals surface area contributed by atoms with Crippen LogP contribution in [-0.4, -0.2) is 9.97 Å². The number of rotatable bonds is 2. The fourth-order valence-electron chi connectivity index (χ4n) is 0.635. The third-order valence-corrected chi connectivity index (χ3v) is 0.994. The number of hydrogen-bond donors (Lipinski definition) is 2. The summed E-state index contributed by atoms with van der Waals surface area (Å²) < 4.78 is 0. The summed E-state index contributed by atoms with van der Waals surface area (Å²) in [6.07, 6.45) is 1.70. The van der Waals surface area contributed by atoms with Crippen LogP contribution in [0.1, 0.15) is 11.5 Å². The first-order chi connectivity index (χ1) is 4.33. The van der Waals surface area contributed by atoms with E-state index in [0.717, 1.165) is 11.5 Å². The van der Waals surface area contributed by atoms with Gasteiger partial charge in [0.25, 0.3) is 0 Å². The second-order valence-electron chi connectivity index (χ2n) is 1.80. The predicted molar refractivity (Wildman–Crippen MR) is 32.3 cm³/mol. The summed E-state index contributed by atoms with van der Waals surface area (Å²) in [6.45, 7) is 2.26. The molecule has 0 aliphatic heterocycles. The molecule has 1 rings (SSSR count). The first-order valence-electron chi connectivity index (χ1n) is 2.65. The molecular weight excluding hydrogens is 118 g/mol. The Hall–Kier alpha value is -0.870. The maximum absolute atomic E-state index is 4.82. The molecule has 1 heterocycles. The fourth-order valence-corrected chi connectivity index (χ4v) is 0.635. The van der Waals surface area contributed by atoms with Crippen LogP contribution in [0, 0.1) is 6.92 Å². The maximum Gasteiger partial charge on any atom is 0.109 e. The number of imidazole rings is 1. The summed E-state index contributed by atoms with van der Waals surface area (Å²) >= 11 is 0. The van der Waals surface area contributed by atoms with Gasteiger partial charge < -0.3 is 4.98 Å². The van der Waals surface area contributed by atoms with E-state index >= 15 is 0 Å². The van der Waals surface area contributed by atoms with Crippen LogP contribution in [0.4, 0.5) is 0 Å². The van der Waals surface area contributed by atoms with E-state index in [1.165, 1.54) is 0 Å². The van der Waals surface area contributed by atoms with Gasteiger partial charge in [0.15, 0.2) is 0 Å². The molecule has 4 heteroatoms. The van der Waals surface area contributed by atoms with Gasteiger partial charge in [0.2, 0.25) is 0 Å². The summed E-state index contributed by atoms with van der Waals surface area (Å²) in [5.41, 5.74) is 0.898. The number of nitrogens with zero attached hydrogens (tertiary/aromatic N) is 1. The molecule has 0 fully saturated rings. The first-order valence-corrected chi connectivity index (χ1v) is 2.65. The highest BCUT2D eigenvalue weighted by molar-refractivity contribution is 4.97. The molecule has 0 bridgehead atoms. The highest BCUT2D eigenvalue weighted by Gasteiger charge is 1.92. The second-order valence-corrected chi connectivity index (χ2v) is 1.80. The molecule has 0 spiro atoms. The quantitative estimate of drug-likeness (QED) is 0.554. The van der Waals surface area contributed by atoms with E-state index in [2.05, 4.69) is 14.8 Å². The molecule has 9 heavy (non-hydrogen) atoms. The Kier molecular flexibility index (Phi) is 1.81. The Morgan fingerprint density at radius 1 is 1.89 bits per heavy atom. The van der Waals surface area contributed by atoms with Gasteiger partial charge in [0.1, 0.15) is 12.4 Å². The van der Waals surface area contributed by atoms with Crippen molar-refractivity contribution >= 4 is 0 Å². The van der Waals surface area contributed by atoms with Gasteiger partial charge in [-0.3, -0.25) is 4.84 Å². The molecule has 4 nitrogen and oxygen atoms in total. The minimum Gasteiger partial charge on any atom is -0.344 e. The monoisotopic (exact) mass is 127 g/mol. The van der Waals surface area contributed by atoms with Crippen LogP contribution in [0.5, 0.6) is 0 Å². The van der Waals surface area contributed by atoms with E-state index in [-0.39, 0.29) is 0 Å². The van der Waals surface area contributed by atoms with Crippen molar-refractivity contribution in [3.8, 4) is 0 Å². The third kappa shape index (κ3) is 1.51. The van der Waals surface area contributed by atoms with Crippen molar-refractivity contribution < 1.29 is 4.84 Å². The molecule has 0 radical (unpaired) electrons. The fraction of sp³-hybridized carbons (Fsp3) is 0.400. The number of nitrogens with one attached hydrogen (secondary N) is 1. The van der Waals surface area contributed by atoms with Crippen molar-refractivity contribution in [2.45, 2.75) is 13.5 Å². The Bertz CT molecular complexity index is 184. The Balaban J connectivity index is 2.61. The van der Waals surface area contributed by atoms with Crippen molar-refractivity contribution in [1.82, 2.24) is 9.97 Å². The van der Waals surface area contributed by atoms with Crippen molar-refractivity contribution in [1.29, 1.82) is 0 Å². The van der Waals surface area contributed by atoms with Gasteiger partial charge in [-0.1, -0.05) is 0 Å². The van der Waals surface area contributed by atoms with Gasteiger partial charge in [-0.25, -0.2) is 10.9 Å². The van der Waals surface area contributed by atoms with E-state index in [1.54, 1.807) is 6.20 Å². The summed E-state index contributed by atoms with van der Waals surface area (Å²) in [5.74, 6) is 5.70. The molecule has 0 aliphatic carbocycles. The number of nitrogens with two attached hydrogens (primary N) is 1. The topological polar surface area (TPSA) is 63.9 Å². The number of H-pyrrole nitrogens is 1. The van der Waals surface area contributed by atoms with E-state index in [9.17, 15) is 0 Å². The zero-order chi connectivity index (χ0) is 6.69. The molecule has 0 amide bonds. The molecule has 0 saturated heterocycles. The van der Waals surface area contributed by atoms with Gasteiger partial charge in [0.05, 0.1) is 11.9 Å². The Morgan fingerprint density at radius 3 is 3.11 bits per heavy atom. The highest BCUT2D eigenvalue weighted by Crippen LogP contribution is 1.94. The molecule has 0 aromatic carbocycles. The van der Waals surface area contributed by atoms with Crippen LogP contribution in [0.25, 0.3) is 0 Å². The summed E-state index contributed by atoms with van der Waals surface area (Å²) in [6, 6.07) is 0. The van der Waals surface area contributed by atoms with Gasteiger partial charge in [-0.05, 0) is 6.92 Å². The van der Waals surface area contributed by atoms with E-state index < -0.39 is 0 Å². The van der Waals surface area contributed by atoms with Crippen LogP contribution in [-0.2, 0) is 11.4 Å². The minimum atomic E-state index is 0.390. The lowest BCUT2D eigenvalue weighted by Gasteiger charge is -1.89. The second kappa shape index (κ2) is 2.61. The molecular formula is C5H9N3O. The van der Waals surface area contributed by atoms with Crippen molar-refractivity contribution in [3.63, 3.8) is 0 Å². The highest BCUT2D eigenvalue weighted by atomic mass is 16.6. The lowest BCUT2D eigenvalue weighted by Crippen LogP contribution is -1.98. The lowest BCUT2D eigenvalue weighted by atomic mass is 10.5. The third-order valence-electron chi connectivity index (χ3n) is 0.994. The zero-order valence-corrected chi connectivity index (χ0v) is 5.22. The van der Waals surface area contributed by atoms with Gasteiger partial charge in [-0.15, -0.1) is 0 Å². The van der Waals surface area contributed by atoms with E-state index in [0.29, 0.717) is 6.61 Å². The Labute approximate surface area is 53.0 Å². The smallest absolute Gasteiger partial charge is 0.109 e. The van der Waals surface area contributed by atoms with Gasteiger partial charge in [-0.2, -0.15) is 0 Å². The van der Waals surface area contributed by atoms with Crippen LogP contribution in [0.15, 0.2) is 6.20 Å². The van der Waals surface area contributed by atoms with Crippen molar-refractivity contribution in [2.75, 3.05) is 0 Å². The molecule has 0 saturated carbocycles. The number of aromatic nitrogens is 2. The molecule has 0 unspecified atom stereocenters. The van der Waals surface area contributed by atoms with Crippen molar-refractivity contribution in [3.05, 3.63) is 17.7 Å². The van der Waals surface area contributed by atoms with Crippen LogP contribution in [0.2, 0.25) is 0 Å². The summed E-state index contributed by atoms with van der Waals surface area (Å²) in [5, 5.41) is 0. The molecule has 50 valence electrons. The standard InChI is InChI=1S/C5H9N3O/c1-4-7-2-5(8-4)3-9-6/h2H,3,6H2,1H3,(H,7,8). The average molecular weight is 127 g/mol. The Morgan fingerprint density at radius 2 is 2.67 bits per heavy atom. The van der Waals surface area contributed by atoms with Crippen LogP contribution >= 0.6 is 0 Å². The maximum atomic E-state index is 4.82. The normalized spacial score (nSPS) is 10.0. The predicted octanol–water partition coefficient (Wildman–Crippen LogP) is 0.108. The molecule has 3 N–H and O–H groups in total. The van der Waals surface area contributed by atoms with E-state index in [1.807, 2.05) is 6.92 Å². The average Bonchev–Trinajstić information content (AvgIpc) is 2.17. The molecule has 1 aromatic rings. The van der Waals surface area contributed by atoms with Gasteiger partial charge in [0, 0.05) is 0 Å². The number of aryl methyl sites for hydroxylation is 1. The largest absolute Gasteiger partial charge is 0.344 e. The van der Waals surface area contributed by atoms with Gasteiger partial charge >= 0.3 is 0 Å². The SMILES string of the molecule is Cc1ncc(CON)[nH]1. The van der Waals surface area contributed by atoms with Crippen LogP contribution < -0.4 is 5.90 Å². The lowest BCUT2D eigenvalue weighted by molar-refractivity contribution is 0.121. The number of aromatic amines is 1. The minimum absolute atomic E-state index is 0.390. The van der Waals surface area contributed by atoms with Crippen molar-refractivity contribution in [2.24, 2.45) is 5.90 Å². The summed E-state index contributed by atoms with van der Waals surface area (Å²) in [4.78, 5) is 11.3.